The van der Waals surface area contributed by atoms with E-state index in [-0.39, 0.29) is 0 Å². The number of hydrogen-bond donors (Lipinski definition) is 1. The van der Waals surface area contributed by atoms with Gasteiger partial charge in [0.2, 0.25) is 6.41 Å². The standard InChI is InChI=1S/C10H15NO2/c1-4-9(11-8-12)6-7-10(5-2)13-3/h5-8H,2,4H2,1,3H3,(H,11,12)/b9-6+,10-7+. The highest BCUT2D eigenvalue weighted by Crippen LogP contribution is 2.00. The third kappa shape index (κ3) is 4.85. The Hall–Kier alpha value is -1.51. The molecule has 0 fully saturated rings. The van der Waals surface area contributed by atoms with Gasteiger partial charge in [0.05, 0.1) is 7.11 Å². The molecule has 0 spiro atoms. The van der Waals surface area contributed by atoms with Crippen molar-refractivity contribution in [2.45, 2.75) is 13.3 Å². The first kappa shape index (κ1) is 11.5. The highest BCUT2D eigenvalue weighted by atomic mass is 16.5. The van der Waals surface area contributed by atoms with Gasteiger partial charge in [-0.2, -0.15) is 0 Å². The van der Waals surface area contributed by atoms with E-state index in [1.165, 1.54) is 0 Å². The van der Waals surface area contributed by atoms with Gasteiger partial charge in [-0.3, -0.25) is 4.79 Å². The van der Waals surface area contributed by atoms with Gasteiger partial charge >= 0.3 is 0 Å². The molecule has 0 unspecified atom stereocenters. The van der Waals surface area contributed by atoms with Crippen molar-refractivity contribution in [1.29, 1.82) is 0 Å². The third-order valence-corrected chi connectivity index (χ3v) is 1.51. The number of carbonyl (C=O) groups is 1. The van der Waals surface area contributed by atoms with E-state index in [1.807, 2.05) is 6.92 Å². The summed E-state index contributed by atoms with van der Waals surface area (Å²) in [5.41, 5.74) is 0.839. The van der Waals surface area contributed by atoms with Crippen LogP contribution in [-0.4, -0.2) is 13.5 Å². The van der Waals surface area contributed by atoms with E-state index in [0.717, 1.165) is 12.1 Å². The molecule has 0 aromatic heterocycles. The van der Waals surface area contributed by atoms with Gasteiger partial charge in [-0.05, 0) is 24.6 Å². The molecule has 13 heavy (non-hydrogen) atoms. The molecule has 1 amide bonds. The molecule has 0 heterocycles. The van der Waals surface area contributed by atoms with E-state index in [1.54, 1.807) is 25.3 Å². The molecule has 0 aromatic rings. The molecule has 0 bridgehead atoms. The number of methoxy groups -OCH3 is 1. The van der Waals surface area contributed by atoms with Crippen molar-refractivity contribution < 1.29 is 9.53 Å². The van der Waals surface area contributed by atoms with E-state index in [4.69, 9.17) is 4.74 Å². The average molecular weight is 181 g/mol. The first-order valence-electron chi connectivity index (χ1n) is 4.06. The van der Waals surface area contributed by atoms with Crippen LogP contribution in [0.5, 0.6) is 0 Å². The summed E-state index contributed by atoms with van der Waals surface area (Å²) in [5.74, 6) is 0.665. The SMILES string of the molecule is C=C/C(=C\C=C(/CC)NC=O)OC. The van der Waals surface area contributed by atoms with Gasteiger partial charge in [0.25, 0.3) is 0 Å². The van der Waals surface area contributed by atoms with E-state index < -0.39 is 0 Å². The van der Waals surface area contributed by atoms with Crippen LogP contribution in [0.2, 0.25) is 0 Å². The number of hydrogen-bond acceptors (Lipinski definition) is 2. The Kier molecular flexibility index (Phi) is 6.32. The van der Waals surface area contributed by atoms with E-state index in [0.29, 0.717) is 12.2 Å². The number of allylic oxidation sites excluding steroid dienone is 4. The van der Waals surface area contributed by atoms with Gasteiger partial charge in [0.15, 0.2) is 0 Å². The lowest BCUT2D eigenvalue weighted by atomic mass is 10.3. The first-order chi connectivity index (χ1) is 6.28. The highest BCUT2D eigenvalue weighted by Gasteiger charge is 1.89. The van der Waals surface area contributed by atoms with Gasteiger partial charge in [0, 0.05) is 5.70 Å². The molecular formula is C10H15NO2. The van der Waals surface area contributed by atoms with Crippen LogP contribution in [0.25, 0.3) is 0 Å². The molecule has 3 heteroatoms. The lowest BCUT2D eigenvalue weighted by molar-refractivity contribution is -0.108. The summed E-state index contributed by atoms with van der Waals surface area (Å²) < 4.78 is 4.95. The summed E-state index contributed by atoms with van der Waals surface area (Å²) in [7, 11) is 1.57. The third-order valence-electron chi connectivity index (χ3n) is 1.51. The quantitative estimate of drug-likeness (QED) is 0.385. The maximum atomic E-state index is 10.1. The summed E-state index contributed by atoms with van der Waals surface area (Å²) >= 11 is 0. The van der Waals surface area contributed by atoms with Crippen LogP contribution in [-0.2, 0) is 9.53 Å². The molecule has 3 nitrogen and oxygen atoms in total. The fourth-order valence-electron chi connectivity index (χ4n) is 0.746. The summed E-state index contributed by atoms with van der Waals surface area (Å²) in [6, 6.07) is 0. The number of carbonyl (C=O) groups excluding carboxylic acids is 1. The normalized spacial score (nSPS) is 12.2. The van der Waals surface area contributed by atoms with Crippen molar-refractivity contribution in [3.8, 4) is 0 Å². The lowest BCUT2D eigenvalue weighted by Gasteiger charge is -2.00. The zero-order chi connectivity index (χ0) is 10.1. The Morgan fingerprint density at radius 1 is 1.54 bits per heavy atom. The summed E-state index contributed by atoms with van der Waals surface area (Å²) in [6.07, 6.45) is 6.56. The van der Waals surface area contributed by atoms with Crippen LogP contribution in [0, 0.1) is 0 Å². The Labute approximate surface area is 78.8 Å². The topological polar surface area (TPSA) is 38.3 Å². The summed E-state index contributed by atoms with van der Waals surface area (Å²) in [4.78, 5) is 10.1. The van der Waals surface area contributed by atoms with Crippen molar-refractivity contribution in [3.63, 3.8) is 0 Å². The fraction of sp³-hybridized carbons (Fsp3) is 0.300. The molecule has 1 N–H and O–H groups in total. The largest absolute Gasteiger partial charge is 0.497 e. The maximum absolute atomic E-state index is 10.1. The van der Waals surface area contributed by atoms with Gasteiger partial charge in [-0.15, -0.1) is 0 Å². The second-order valence-corrected chi connectivity index (χ2v) is 2.28. The predicted octanol–water partition coefficient (Wildman–Crippen LogP) is 1.74. The number of amides is 1. The predicted molar refractivity (Wildman–Crippen MR) is 52.9 cm³/mol. The minimum absolute atomic E-state index is 0.656. The monoisotopic (exact) mass is 181 g/mol. The lowest BCUT2D eigenvalue weighted by Crippen LogP contribution is -2.08. The molecule has 72 valence electrons. The number of nitrogens with one attached hydrogen (secondary N) is 1. The Bertz CT molecular complexity index is 229. The minimum atomic E-state index is 0.656. The first-order valence-corrected chi connectivity index (χ1v) is 4.06. The second kappa shape index (κ2) is 7.16. The minimum Gasteiger partial charge on any atom is -0.497 e. The Balaban J connectivity index is 4.40. The van der Waals surface area contributed by atoms with Crippen molar-refractivity contribution in [2.75, 3.05) is 7.11 Å². The van der Waals surface area contributed by atoms with Crippen molar-refractivity contribution in [2.24, 2.45) is 0 Å². The molecule has 0 atom stereocenters. The molecule has 0 aliphatic carbocycles. The summed E-state index contributed by atoms with van der Waals surface area (Å²) in [6.45, 7) is 5.52. The van der Waals surface area contributed by atoms with Crippen LogP contribution < -0.4 is 5.32 Å². The average Bonchev–Trinajstić information content (AvgIpc) is 2.17. The van der Waals surface area contributed by atoms with E-state index >= 15 is 0 Å². The molecule has 0 saturated heterocycles. The van der Waals surface area contributed by atoms with Crippen LogP contribution in [0.15, 0.2) is 36.3 Å². The van der Waals surface area contributed by atoms with Crippen molar-refractivity contribution in [3.05, 3.63) is 36.3 Å². The van der Waals surface area contributed by atoms with Gasteiger partial charge in [-0.1, -0.05) is 13.5 Å². The van der Waals surface area contributed by atoms with Gasteiger partial charge in [0.1, 0.15) is 5.76 Å². The molecule has 0 saturated carbocycles. The summed E-state index contributed by atoms with van der Waals surface area (Å²) in [5, 5.41) is 2.58. The molecule has 0 aromatic carbocycles. The second-order valence-electron chi connectivity index (χ2n) is 2.28. The molecular weight excluding hydrogens is 166 g/mol. The van der Waals surface area contributed by atoms with Crippen LogP contribution in [0.3, 0.4) is 0 Å². The van der Waals surface area contributed by atoms with Crippen molar-refractivity contribution >= 4 is 6.41 Å². The van der Waals surface area contributed by atoms with E-state index in [2.05, 4.69) is 11.9 Å². The Morgan fingerprint density at radius 3 is 2.62 bits per heavy atom. The molecule has 0 aliphatic heterocycles. The smallest absolute Gasteiger partial charge is 0.211 e. The zero-order valence-corrected chi connectivity index (χ0v) is 8.04. The highest BCUT2D eigenvalue weighted by molar-refractivity contribution is 5.50. The van der Waals surface area contributed by atoms with Crippen LogP contribution in [0.4, 0.5) is 0 Å². The Morgan fingerprint density at radius 2 is 2.23 bits per heavy atom. The number of ether oxygens (including phenoxy) is 1. The number of rotatable bonds is 6. The molecule has 0 radical (unpaired) electrons. The van der Waals surface area contributed by atoms with Gasteiger partial charge in [-0.25, -0.2) is 0 Å². The van der Waals surface area contributed by atoms with Crippen LogP contribution >= 0.6 is 0 Å². The van der Waals surface area contributed by atoms with E-state index in [9.17, 15) is 4.79 Å². The fourth-order valence-corrected chi connectivity index (χ4v) is 0.746. The van der Waals surface area contributed by atoms with Crippen molar-refractivity contribution in [1.82, 2.24) is 5.32 Å². The van der Waals surface area contributed by atoms with Crippen LogP contribution in [0.1, 0.15) is 13.3 Å². The maximum Gasteiger partial charge on any atom is 0.211 e. The molecule has 0 aliphatic rings. The molecule has 0 rings (SSSR count). The zero-order valence-electron chi connectivity index (χ0n) is 8.04. The van der Waals surface area contributed by atoms with Gasteiger partial charge < -0.3 is 10.1 Å².